The van der Waals surface area contributed by atoms with E-state index in [0.29, 0.717) is 27.6 Å². The second kappa shape index (κ2) is 7.62. The highest BCUT2D eigenvalue weighted by Crippen LogP contribution is 2.37. The van der Waals surface area contributed by atoms with Crippen LogP contribution in [0.3, 0.4) is 0 Å². The van der Waals surface area contributed by atoms with E-state index >= 15 is 0 Å². The molecule has 118 valence electrons. The van der Waals surface area contributed by atoms with Crippen LogP contribution < -0.4 is 4.74 Å². The summed E-state index contributed by atoms with van der Waals surface area (Å²) in [6, 6.07) is 5.59. The number of hydrogen-bond donors (Lipinski definition) is 0. The molecule has 3 nitrogen and oxygen atoms in total. The zero-order valence-corrected chi connectivity index (χ0v) is 15.8. The highest BCUT2D eigenvalue weighted by Gasteiger charge is 2.14. The summed E-state index contributed by atoms with van der Waals surface area (Å²) in [5, 5.41) is 9.98. The first-order valence-electron chi connectivity index (χ1n) is 6.98. The number of halogens is 3. The van der Waals surface area contributed by atoms with Crippen LogP contribution in [0.25, 0.3) is 0 Å². The molecule has 0 fully saturated rings. The van der Waals surface area contributed by atoms with E-state index in [0.717, 1.165) is 28.6 Å². The fourth-order valence-electron chi connectivity index (χ4n) is 2.15. The van der Waals surface area contributed by atoms with Crippen molar-refractivity contribution in [3.8, 4) is 11.6 Å². The van der Waals surface area contributed by atoms with E-state index in [1.54, 1.807) is 0 Å². The Morgan fingerprint density at radius 1 is 1.14 bits per heavy atom. The van der Waals surface area contributed by atoms with Crippen LogP contribution in [0.5, 0.6) is 11.6 Å². The molecule has 2 rings (SSSR count). The molecule has 0 radical (unpaired) electrons. The first kappa shape index (κ1) is 17.5. The second-order valence-electron chi connectivity index (χ2n) is 5.31. The molecule has 1 heterocycles. The SMILES string of the molecule is Cc1nnc(Oc2c(Cl)cc(CCBr)cc2Cl)cc1C(C)C. The fourth-order valence-corrected chi connectivity index (χ4v) is 3.22. The Morgan fingerprint density at radius 2 is 1.77 bits per heavy atom. The van der Waals surface area contributed by atoms with Crippen molar-refractivity contribution in [3.63, 3.8) is 0 Å². The zero-order valence-electron chi connectivity index (χ0n) is 12.7. The molecule has 22 heavy (non-hydrogen) atoms. The van der Waals surface area contributed by atoms with Crippen LogP contribution in [0.15, 0.2) is 18.2 Å². The summed E-state index contributed by atoms with van der Waals surface area (Å²) in [5.74, 6) is 1.14. The number of alkyl halides is 1. The first-order valence-corrected chi connectivity index (χ1v) is 8.86. The third-order valence-electron chi connectivity index (χ3n) is 3.27. The van der Waals surface area contributed by atoms with Crippen LogP contribution in [-0.2, 0) is 6.42 Å². The summed E-state index contributed by atoms with van der Waals surface area (Å²) >= 11 is 16.0. The number of rotatable bonds is 5. The second-order valence-corrected chi connectivity index (χ2v) is 6.92. The van der Waals surface area contributed by atoms with Gasteiger partial charge < -0.3 is 4.74 Å². The van der Waals surface area contributed by atoms with Gasteiger partial charge in [-0.3, -0.25) is 0 Å². The van der Waals surface area contributed by atoms with Crippen molar-refractivity contribution in [3.05, 3.63) is 45.1 Å². The number of aryl methyl sites for hydroxylation is 2. The van der Waals surface area contributed by atoms with Gasteiger partial charge in [-0.15, -0.1) is 5.10 Å². The van der Waals surface area contributed by atoms with E-state index in [4.69, 9.17) is 27.9 Å². The van der Waals surface area contributed by atoms with Crippen molar-refractivity contribution in [2.24, 2.45) is 0 Å². The fraction of sp³-hybridized carbons (Fsp3) is 0.375. The van der Waals surface area contributed by atoms with Crippen LogP contribution in [0.1, 0.15) is 36.6 Å². The molecular formula is C16H17BrCl2N2O. The monoisotopic (exact) mass is 402 g/mol. The molecule has 0 aliphatic carbocycles. The van der Waals surface area contributed by atoms with Crippen molar-refractivity contribution < 1.29 is 4.74 Å². The third kappa shape index (κ3) is 4.12. The van der Waals surface area contributed by atoms with Gasteiger partial charge in [0.1, 0.15) is 0 Å². The summed E-state index contributed by atoms with van der Waals surface area (Å²) in [7, 11) is 0. The van der Waals surface area contributed by atoms with Gasteiger partial charge >= 0.3 is 0 Å². The Labute approximate surface area is 149 Å². The van der Waals surface area contributed by atoms with Crippen molar-refractivity contribution in [1.29, 1.82) is 0 Å². The number of nitrogens with zero attached hydrogens (tertiary/aromatic N) is 2. The summed E-state index contributed by atoms with van der Waals surface area (Å²) < 4.78 is 5.77. The molecule has 2 aromatic rings. The minimum Gasteiger partial charge on any atom is -0.434 e. The minimum atomic E-state index is 0.338. The van der Waals surface area contributed by atoms with Crippen LogP contribution in [0, 0.1) is 6.92 Å². The van der Waals surface area contributed by atoms with Crippen LogP contribution >= 0.6 is 39.1 Å². The average Bonchev–Trinajstić information content (AvgIpc) is 2.44. The van der Waals surface area contributed by atoms with Crippen LogP contribution in [-0.4, -0.2) is 15.5 Å². The highest BCUT2D eigenvalue weighted by molar-refractivity contribution is 9.09. The Bertz CT molecular complexity index is 654. The Balaban J connectivity index is 2.33. The minimum absolute atomic E-state index is 0.338. The molecule has 0 saturated carbocycles. The smallest absolute Gasteiger partial charge is 0.239 e. The Hall–Kier alpha value is -0.840. The van der Waals surface area contributed by atoms with Gasteiger partial charge in [0.05, 0.1) is 15.7 Å². The molecule has 0 saturated heterocycles. The van der Waals surface area contributed by atoms with Crippen LogP contribution in [0.4, 0.5) is 0 Å². The largest absolute Gasteiger partial charge is 0.434 e. The molecule has 1 aromatic heterocycles. The molecule has 0 N–H and O–H groups in total. The molecule has 0 bridgehead atoms. The number of aromatic nitrogens is 2. The summed E-state index contributed by atoms with van der Waals surface area (Å²) in [5.41, 5.74) is 3.04. The van der Waals surface area contributed by atoms with Gasteiger partial charge in [0.2, 0.25) is 5.88 Å². The predicted octanol–water partition coefficient (Wildman–Crippen LogP) is 5.94. The van der Waals surface area contributed by atoms with E-state index in [1.165, 1.54) is 0 Å². The standard InChI is InChI=1S/C16H17BrCl2N2O/c1-9(2)12-8-15(21-20-10(12)3)22-16-13(18)6-11(4-5-17)7-14(16)19/h6-9H,4-5H2,1-3H3. The van der Waals surface area contributed by atoms with Gasteiger partial charge in [0.15, 0.2) is 5.75 Å². The molecule has 0 aliphatic heterocycles. The summed E-state index contributed by atoms with van der Waals surface area (Å²) in [6.45, 7) is 6.13. The summed E-state index contributed by atoms with van der Waals surface area (Å²) in [4.78, 5) is 0. The van der Waals surface area contributed by atoms with Crippen molar-refractivity contribution >= 4 is 39.1 Å². The third-order valence-corrected chi connectivity index (χ3v) is 4.22. The van der Waals surface area contributed by atoms with E-state index in [-0.39, 0.29) is 0 Å². The van der Waals surface area contributed by atoms with Crippen LogP contribution in [0.2, 0.25) is 10.0 Å². The van der Waals surface area contributed by atoms with Gasteiger partial charge in [-0.25, -0.2) is 0 Å². The van der Waals surface area contributed by atoms with Gasteiger partial charge in [-0.2, -0.15) is 5.10 Å². The van der Waals surface area contributed by atoms with Gasteiger partial charge in [-0.05, 0) is 42.5 Å². The lowest BCUT2D eigenvalue weighted by atomic mass is 10.0. The Morgan fingerprint density at radius 3 is 2.32 bits per heavy atom. The quantitative estimate of drug-likeness (QED) is 0.579. The molecule has 0 unspecified atom stereocenters. The van der Waals surface area contributed by atoms with Crippen molar-refractivity contribution in [2.45, 2.75) is 33.1 Å². The normalized spacial score (nSPS) is 11.0. The van der Waals surface area contributed by atoms with E-state index in [1.807, 2.05) is 25.1 Å². The molecule has 0 aliphatic rings. The molecule has 6 heteroatoms. The van der Waals surface area contributed by atoms with E-state index in [2.05, 4.69) is 40.0 Å². The lowest BCUT2D eigenvalue weighted by Crippen LogP contribution is -2.00. The predicted molar refractivity (Wildman–Crippen MR) is 94.9 cm³/mol. The maximum Gasteiger partial charge on any atom is 0.239 e. The molecule has 0 spiro atoms. The zero-order chi connectivity index (χ0) is 16.3. The van der Waals surface area contributed by atoms with Crippen molar-refractivity contribution in [1.82, 2.24) is 10.2 Å². The molecule has 0 atom stereocenters. The maximum absolute atomic E-state index is 6.28. The van der Waals surface area contributed by atoms with Gasteiger partial charge in [0.25, 0.3) is 0 Å². The lowest BCUT2D eigenvalue weighted by Gasteiger charge is -2.13. The number of ether oxygens (including phenoxy) is 1. The molecular weight excluding hydrogens is 387 g/mol. The van der Waals surface area contributed by atoms with Gasteiger partial charge in [-0.1, -0.05) is 53.0 Å². The van der Waals surface area contributed by atoms with Crippen molar-refractivity contribution in [2.75, 3.05) is 5.33 Å². The molecule has 0 amide bonds. The average molecular weight is 404 g/mol. The Kier molecular flexibility index (Phi) is 6.07. The van der Waals surface area contributed by atoms with E-state index < -0.39 is 0 Å². The lowest BCUT2D eigenvalue weighted by molar-refractivity contribution is 0.452. The number of benzene rings is 1. The van der Waals surface area contributed by atoms with E-state index in [9.17, 15) is 0 Å². The van der Waals surface area contributed by atoms with Gasteiger partial charge in [0, 0.05) is 11.4 Å². The highest BCUT2D eigenvalue weighted by atomic mass is 79.9. The topological polar surface area (TPSA) is 35.0 Å². The number of hydrogen-bond acceptors (Lipinski definition) is 3. The first-order chi connectivity index (χ1) is 10.4. The summed E-state index contributed by atoms with van der Waals surface area (Å²) in [6.07, 6.45) is 0.849. The molecule has 1 aromatic carbocycles. The maximum atomic E-state index is 6.28.